The Hall–Kier alpha value is -1.10. The minimum absolute atomic E-state index is 0.00856. The van der Waals surface area contributed by atoms with Crippen molar-refractivity contribution in [2.45, 2.75) is 19.3 Å². The number of hydrogen-bond donors (Lipinski definition) is 2. The predicted molar refractivity (Wildman–Crippen MR) is 42.4 cm³/mol. The SMILES string of the molecule is O=C(O)CC1(C(=O)O)CCCOC1. The summed E-state index contributed by atoms with van der Waals surface area (Å²) in [6.45, 7) is 0.531. The second kappa shape index (κ2) is 3.74. The van der Waals surface area contributed by atoms with E-state index in [1.807, 2.05) is 0 Å². The number of rotatable bonds is 3. The summed E-state index contributed by atoms with van der Waals surface area (Å²) in [5.41, 5.74) is -1.20. The topological polar surface area (TPSA) is 83.8 Å². The molecule has 5 nitrogen and oxygen atoms in total. The summed E-state index contributed by atoms with van der Waals surface area (Å²) in [6.07, 6.45) is 0.635. The molecule has 0 aromatic rings. The van der Waals surface area contributed by atoms with Crippen LogP contribution < -0.4 is 0 Å². The van der Waals surface area contributed by atoms with Crippen LogP contribution in [-0.2, 0) is 14.3 Å². The molecule has 1 unspecified atom stereocenters. The minimum Gasteiger partial charge on any atom is -0.481 e. The first-order valence-corrected chi connectivity index (χ1v) is 4.10. The molecule has 0 saturated carbocycles. The van der Waals surface area contributed by atoms with Gasteiger partial charge in [-0.3, -0.25) is 9.59 Å². The van der Waals surface area contributed by atoms with Crippen molar-refractivity contribution < 1.29 is 24.5 Å². The first-order valence-electron chi connectivity index (χ1n) is 4.10. The molecular formula is C8H12O5. The van der Waals surface area contributed by atoms with Crippen LogP contribution in [0.25, 0.3) is 0 Å². The molecule has 2 N–H and O–H groups in total. The van der Waals surface area contributed by atoms with Crippen LogP contribution in [0.4, 0.5) is 0 Å². The Morgan fingerprint density at radius 1 is 1.38 bits per heavy atom. The molecule has 0 aromatic heterocycles. The van der Waals surface area contributed by atoms with Crippen molar-refractivity contribution in [2.24, 2.45) is 5.41 Å². The lowest BCUT2D eigenvalue weighted by Crippen LogP contribution is -2.41. The average molecular weight is 188 g/mol. The smallest absolute Gasteiger partial charge is 0.312 e. The van der Waals surface area contributed by atoms with E-state index < -0.39 is 17.4 Å². The van der Waals surface area contributed by atoms with Crippen molar-refractivity contribution in [2.75, 3.05) is 13.2 Å². The lowest BCUT2D eigenvalue weighted by Gasteiger charge is -2.31. The zero-order valence-corrected chi connectivity index (χ0v) is 7.15. The molecule has 74 valence electrons. The van der Waals surface area contributed by atoms with E-state index in [2.05, 4.69) is 0 Å². The van der Waals surface area contributed by atoms with Gasteiger partial charge in [0, 0.05) is 6.61 Å². The van der Waals surface area contributed by atoms with Gasteiger partial charge in [0.05, 0.1) is 13.0 Å². The largest absolute Gasteiger partial charge is 0.481 e. The highest BCUT2D eigenvalue weighted by atomic mass is 16.5. The zero-order chi connectivity index (χ0) is 9.90. The predicted octanol–water partition coefficient (Wildman–Crippen LogP) is 0.342. The van der Waals surface area contributed by atoms with Gasteiger partial charge < -0.3 is 14.9 Å². The van der Waals surface area contributed by atoms with E-state index in [-0.39, 0.29) is 13.0 Å². The molecule has 1 aliphatic rings. The molecule has 1 aliphatic heterocycles. The van der Waals surface area contributed by atoms with Crippen LogP contribution in [0.15, 0.2) is 0 Å². The molecule has 0 spiro atoms. The first-order chi connectivity index (χ1) is 6.07. The highest BCUT2D eigenvalue weighted by Crippen LogP contribution is 2.32. The Kier molecular flexibility index (Phi) is 2.87. The molecule has 1 fully saturated rings. The maximum atomic E-state index is 10.9. The van der Waals surface area contributed by atoms with Gasteiger partial charge >= 0.3 is 11.9 Å². The van der Waals surface area contributed by atoms with Gasteiger partial charge in [-0.2, -0.15) is 0 Å². The summed E-state index contributed by atoms with van der Waals surface area (Å²) in [4.78, 5) is 21.3. The summed E-state index contributed by atoms with van der Waals surface area (Å²) in [6, 6.07) is 0. The molecule has 1 saturated heterocycles. The monoisotopic (exact) mass is 188 g/mol. The molecular weight excluding hydrogens is 176 g/mol. The summed E-state index contributed by atoms with van der Waals surface area (Å²) in [5.74, 6) is -2.16. The van der Waals surface area contributed by atoms with Crippen LogP contribution in [0, 0.1) is 5.41 Å². The van der Waals surface area contributed by atoms with Crippen LogP contribution in [0.1, 0.15) is 19.3 Å². The summed E-state index contributed by atoms with van der Waals surface area (Å²) >= 11 is 0. The molecule has 0 amide bonds. The molecule has 5 heteroatoms. The Balaban J connectivity index is 2.73. The van der Waals surface area contributed by atoms with E-state index in [1.54, 1.807) is 0 Å². The Morgan fingerprint density at radius 2 is 2.08 bits per heavy atom. The third-order valence-corrected chi connectivity index (χ3v) is 2.27. The van der Waals surface area contributed by atoms with Crippen molar-refractivity contribution in [1.29, 1.82) is 0 Å². The third-order valence-electron chi connectivity index (χ3n) is 2.27. The van der Waals surface area contributed by atoms with Crippen LogP contribution >= 0.6 is 0 Å². The van der Waals surface area contributed by atoms with Gasteiger partial charge in [-0.1, -0.05) is 0 Å². The fraction of sp³-hybridized carbons (Fsp3) is 0.750. The first kappa shape index (κ1) is 9.98. The number of hydrogen-bond acceptors (Lipinski definition) is 3. The summed E-state index contributed by atoms with van der Waals surface area (Å²) in [7, 11) is 0. The second-order valence-electron chi connectivity index (χ2n) is 3.31. The van der Waals surface area contributed by atoms with Crippen LogP contribution in [0.5, 0.6) is 0 Å². The van der Waals surface area contributed by atoms with E-state index in [4.69, 9.17) is 14.9 Å². The molecule has 13 heavy (non-hydrogen) atoms. The van der Waals surface area contributed by atoms with Crippen molar-refractivity contribution in [3.63, 3.8) is 0 Å². The molecule has 0 bridgehead atoms. The minimum atomic E-state index is -1.20. The highest BCUT2D eigenvalue weighted by Gasteiger charge is 2.42. The second-order valence-corrected chi connectivity index (χ2v) is 3.31. The van der Waals surface area contributed by atoms with Gasteiger partial charge in [0.15, 0.2) is 0 Å². The van der Waals surface area contributed by atoms with Gasteiger partial charge in [0.1, 0.15) is 5.41 Å². The van der Waals surface area contributed by atoms with Gasteiger partial charge in [-0.25, -0.2) is 0 Å². The van der Waals surface area contributed by atoms with Gasteiger partial charge in [-0.05, 0) is 12.8 Å². The molecule has 0 aliphatic carbocycles. The van der Waals surface area contributed by atoms with E-state index in [0.29, 0.717) is 19.4 Å². The normalized spacial score (nSPS) is 28.3. The zero-order valence-electron chi connectivity index (χ0n) is 7.15. The molecule has 0 radical (unpaired) electrons. The standard InChI is InChI=1S/C8H12O5/c9-6(10)4-8(7(11)12)2-1-3-13-5-8/h1-5H2,(H,9,10)(H,11,12). The van der Waals surface area contributed by atoms with Gasteiger partial charge in [0.2, 0.25) is 0 Å². The van der Waals surface area contributed by atoms with E-state index in [1.165, 1.54) is 0 Å². The number of ether oxygens (including phenoxy) is 1. The highest BCUT2D eigenvalue weighted by molar-refractivity contribution is 5.81. The van der Waals surface area contributed by atoms with Crippen LogP contribution in [0.2, 0.25) is 0 Å². The van der Waals surface area contributed by atoms with E-state index >= 15 is 0 Å². The van der Waals surface area contributed by atoms with Crippen molar-refractivity contribution in [3.8, 4) is 0 Å². The molecule has 1 atom stereocenters. The average Bonchev–Trinajstić information content (AvgIpc) is 2.04. The Labute approximate surface area is 75.3 Å². The van der Waals surface area contributed by atoms with Gasteiger partial charge in [-0.15, -0.1) is 0 Å². The lowest BCUT2D eigenvalue weighted by molar-refractivity contribution is -0.164. The number of aliphatic carboxylic acids is 2. The number of carboxylic acid groups (broad SMARTS) is 2. The fourth-order valence-electron chi connectivity index (χ4n) is 1.53. The molecule has 0 aromatic carbocycles. The van der Waals surface area contributed by atoms with Crippen LogP contribution in [0.3, 0.4) is 0 Å². The summed E-state index contributed by atoms with van der Waals surface area (Å²) < 4.78 is 5.00. The maximum Gasteiger partial charge on any atom is 0.312 e. The van der Waals surface area contributed by atoms with Gasteiger partial charge in [0.25, 0.3) is 0 Å². The fourth-order valence-corrected chi connectivity index (χ4v) is 1.53. The third kappa shape index (κ3) is 2.18. The Bertz CT molecular complexity index is 217. The molecule has 1 rings (SSSR count). The maximum absolute atomic E-state index is 10.9. The van der Waals surface area contributed by atoms with E-state index in [9.17, 15) is 9.59 Å². The molecule has 1 heterocycles. The van der Waals surface area contributed by atoms with Crippen molar-refractivity contribution in [1.82, 2.24) is 0 Å². The lowest BCUT2D eigenvalue weighted by atomic mass is 9.79. The summed E-state index contributed by atoms with van der Waals surface area (Å²) in [5, 5.41) is 17.5. The number of carboxylic acids is 2. The quantitative estimate of drug-likeness (QED) is 0.667. The van der Waals surface area contributed by atoms with Crippen molar-refractivity contribution in [3.05, 3.63) is 0 Å². The van der Waals surface area contributed by atoms with Crippen molar-refractivity contribution >= 4 is 11.9 Å². The Morgan fingerprint density at radius 3 is 2.46 bits per heavy atom. The number of carbonyl (C=O) groups is 2. The van der Waals surface area contributed by atoms with Crippen LogP contribution in [-0.4, -0.2) is 35.4 Å². The van der Waals surface area contributed by atoms with E-state index in [0.717, 1.165) is 0 Å².